The minimum absolute atomic E-state index is 0.147. The Bertz CT molecular complexity index is 676. The largest absolute Gasteiger partial charge is 0.492 e. The normalized spacial score (nSPS) is 10.4. The summed E-state index contributed by atoms with van der Waals surface area (Å²) in [5, 5.41) is 3.52. The van der Waals surface area contributed by atoms with E-state index in [1.165, 1.54) is 0 Å². The van der Waals surface area contributed by atoms with E-state index in [9.17, 15) is 4.79 Å². The third kappa shape index (κ3) is 5.26. The monoisotopic (exact) mass is 395 g/mol. The van der Waals surface area contributed by atoms with Crippen molar-refractivity contribution in [2.75, 3.05) is 6.61 Å². The first-order chi connectivity index (χ1) is 11.1. The molecule has 5 heteroatoms. The zero-order chi connectivity index (χ0) is 16.7. The molecular formula is C18H19BrClNO2. The summed E-state index contributed by atoms with van der Waals surface area (Å²) in [5.74, 6) is 0.604. The average Bonchev–Trinajstić information content (AvgIpc) is 2.55. The van der Waals surface area contributed by atoms with Crippen LogP contribution in [0.25, 0.3) is 0 Å². The smallest absolute Gasteiger partial charge is 0.251 e. The van der Waals surface area contributed by atoms with Crippen LogP contribution >= 0.6 is 27.5 Å². The summed E-state index contributed by atoms with van der Waals surface area (Å²) >= 11 is 9.53. The van der Waals surface area contributed by atoms with Crippen LogP contribution in [0.5, 0.6) is 5.75 Å². The van der Waals surface area contributed by atoms with E-state index in [1.54, 1.807) is 12.1 Å². The highest BCUT2D eigenvalue weighted by atomic mass is 79.9. The van der Waals surface area contributed by atoms with Crippen LogP contribution in [0.4, 0.5) is 0 Å². The molecule has 0 saturated heterocycles. The Morgan fingerprint density at radius 1 is 1.26 bits per heavy atom. The molecule has 0 aromatic heterocycles. The Kier molecular flexibility index (Phi) is 6.93. The van der Waals surface area contributed by atoms with Crippen LogP contribution in [0.15, 0.2) is 46.9 Å². The summed E-state index contributed by atoms with van der Waals surface area (Å²) in [6, 6.07) is 12.8. The molecule has 0 spiro atoms. The molecule has 0 fully saturated rings. The van der Waals surface area contributed by atoms with Gasteiger partial charge in [-0.1, -0.05) is 43.1 Å². The number of halogens is 2. The van der Waals surface area contributed by atoms with Gasteiger partial charge in [-0.3, -0.25) is 4.79 Å². The summed E-state index contributed by atoms with van der Waals surface area (Å²) in [5.41, 5.74) is 1.47. The number of amides is 1. The fourth-order valence-electron chi connectivity index (χ4n) is 2.00. The first-order valence-electron chi connectivity index (χ1n) is 7.55. The maximum atomic E-state index is 12.2. The molecule has 0 atom stereocenters. The Balaban J connectivity index is 1.97. The van der Waals surface area contributed by atoms with E-state index in [1.807, 2.05) is 30.3 Å². The van der Waals surface area contributed by atoms with Crippen LogP contribution < -0.4 is 10.1 Å². The van der Waals surface area contributed by atoms with Crippen molar-refractivity contribution in [3.8, 4) is 5.75 Å². The van der Waals surface area contributed by atoms with Gasteiger partial charge in [0.05, 0.1) is 11.1 Å². The van der Waals surface area contributed by atoms with Crippen molar-refractivity contribution in [3.63, 3.8) is 0 Å². The van der Waals surface area contributed by atoms with Gasteiger partial charge in [0.25, 0.3) is 5.91 Å². The molecule has 2 aromatic carbocycles. The number of hydrogen-bond donors (Lipinski definition) is 1. The summed E-state index contributed by atoms with van der Waals surface area (Å²) in [4.78, 5) is 12.2. The minimum atomic E-state index is -0.147. The number of carbonyl (C=O) groups excluding carboxylic acids is 1. The molecule has 2 aromatic rings. The predicted molar refractivity (Wildman–Crippen MR) is 97.2 cm³/mol. The zero-order valence-corrected chi connectivity index (χ0v) is 15.3. The number of benzene rings is 2. The van der Waals surface area contributed by atoms with Crippen LogP contribution in [0.2, 0.25) is 5.02 Å². The third-order valence-electron chi connectivity index (χ3n) is 3.35. The summed E-state index contributed by atoms with van der Waals surface area (Å²) in [6.45, 7) is 3.18. The maximum Gasteiger partial charge on any atom is 0.251 e. The van der Waals surface area contributed by atoms with Crippen molar-refractivity contribution in [1.82, 2.24) is 5.32 Å². The fourth-order valence-corrected chi connectivity index (χ4v) is 2.70. The summed E-state index contributed by atoms with van der Waals surface area (Å²) < 4.78 is 6.44. The number of unbranched alkanes of at least 4 members (excludes halogenated alkanes) is 1. The van der Waals surface area contributed by atoms with Crippen molar-refractivity contribution in [3.05, 3.63) is 63.1 Å². The topological polar surface area (TPSA) is 38.3 Å². The van der Waals surface area contributed by atoms with E-state index in [0.717, 1.165) is 28.6 Å². The van der Waals surface area contributed by atoms with Gasteiger partial charge in [0, 0.05) is 17.1 Å². The molecule has 122 valence electrons. The third-order valence-corrected chi connectivity index (χ3v) is 4.34. The molecule has 0 radical (unpaired) electrons. The van der Waals surface area contributed by atoms with Gasteiger partial charge in [-0.2, -0.15) is 0 Å². The highest BCUT2D eigenvalue weighted by Gasteiger charge is 2.10. The van der Waals surface area contributed by atoms with Crippen LogP contribution in [-0.4, -0.2) is 12.5 Å². The molecule has 1 N–H and O–H groups in total. The molecule has 3 nitrogen and oxygen atoms in total. The van der Waals surface area contributed by atoms with Crippen LogP contribution in [0.3, 0.4) is 0 Å². The Morgan fingerprint density at radius 3 is 2.74 bits per heavy atom. The summed E-state index contributed by atoms with van der Waals surface area (Å²) in [6.07, 6.45) is 2.09. The molecule has 0 aliphatic rings. The van der Waals surface area contributed by atoms with Gasteiger partial charge in [0.1, 0.15) is 5.75 Å². The first kappa shape index (κ1) is 17.8. The van der Waals surface area contributed by atoms with Gasteiger partial charge in [0.15, 0.2) is 0 Å². The number of rotatable bonds is 7. The SMILES string of the molecule is CCCCOc1ccc(C(=O)NCc2ccccc2Cl)cc1Br. The fraction of sp³-hybridized carbons (Fsp3) is 0.278. The number of carbonyl (C=O) groups is 1. The maximum absolute atomic E-state index is 12.2. The van der Waals surface area contributed by atoms with Gasteiger partial charge in [0.2, 0.25) is 0 Å². The van der Waals surface area contributed by atoms with Crippen LogP contribution in [0.1, 0.15) is 35.7 Å². The molecule has 0 aliphatic carbocycles. The predicted octanol–water partition coefficient (Wildman–Crippen LogP) is 5.21. The van der Waals surface area contributed by atoms with Gasteiger partial charge >= 0.3 is 0 Å². The highest BCUT2D eigenvalue weighted by Crippen LogP contribution is 2.26. The van der Waals surface area contributed by atoms with E-state index in [2.05, 4.69) is 28.2 Å². The van der Waals surface area contributed by atoms with E-state index in [0.29, 0.717) is 23.7 Å². The second-order valence-corrected chi connectivity index (χ2v) is 6.38. The Labute approximate surface area is 150 Å². The molecule has 0 saturated carbocycles. The lowest BCUT2D eigenvalue weighted by Crippen LogP contribution is -2.22. The molecule has 23 heavy (non-hydrogen) atoms. The molecule has 2 rings (SSSR count). The van der Waals surface area contributed by atoms with Crippen molar-refractivity contribution < 1.29 is 9.53 Å². The van der Waals surface area contributed by atoms with Gasteiger partial charge in [-0.05, 0) is 52.2 Å². The van der Waals surface area contributed by atoms with Crippen molar-refractivity contribution >= 4 is 33.4 Å². The Morgan fingerprint density at radius 2 is 2.04 bits per heavy atom. The van der Waals surface area contributed by atoms with Crippen molar-refractivity contribution in [2.24, 2.45) is 0 Å². The highest BCUT2D eigenvalue weighted by molar-refractivity contribution is 9.10. The summed E-state index contributed by atoms with van der Waals surface area (Å²) in [7, 11) is 0. The van der Waals surface area contributed by atoms with Crippen LogP contribution in [0, 0.1) is 0 Å². The van der Waals surface area contributed by atoms with E-state index in [4.69, 9.17) is 16.3 Å². The van der Waals surface area contributed by atoms with Crippen molar-refractivity contribution in [1.29, 1.82) is 0 Å². The Hall–Kier alpha value is -1.52. The van der Waals surface area contributed by atoms with Gasteiger partial charge in [-0.15, -0.1) is 0 Å². The lowest BCUT2D eigenvalue weighted by molar-refractivity contribution is 0.0951. The molecule has 1 amide bonds. The quantitative estimate of drug-likeness (QED) is 0.652. The molecular weight excluding hydrogens is 378 g/mol. The zero-order valence-electron chi connectivity index (χ0n) is 12.9. The number of ether oxygens (including phenoxy) is 1. The standard InChI is InChI=1S/C18H19BrClNO2/c1-2-3-10-23-17-9-8-13(11-15(17)19)18(22)21-12-14-6-4-5-7-16(14)20/h4-9,11H,2-3,10,12H2,1H3,(H,21,22). The molecule has 0 unspecified atom stereocenters. The van der Waals surface area contributed by atoms with Gasteiger partial charge < -0.3 is 10.1 Å². The molecule has 0 aliphatic heterocycles. The number of hydrogen-bond acceptors (Lipinski definition) is 2. The first-order valence-corrected chi connectivity index (χ1v) is 8.73. The van der Waals surface area contributed by atoms with E-state index < -0.39 is 0 Å². The van der Waals surface area contributed by atoms with Crippen LogP contribution in [-0.2, 0) is 6.54 Å². The second kappa shape index (κ2) is 8.94. The molecule has 0 heterocycles. The van der Waals surface area contributed by atoms with E-state index in [-0.39, 0.29) is 5.91 Å². The average molecular weight is 397 g/mol. The van der Waals surface area contributed by atoms with Gasteiger partial charge in [-0.25, -0.2) is 0 Å². The lowest BCUT2D eigenvalue weighted by Gasteiger charge is -2.10. The second-order valence-electron chi connectivity index (χ2n) is 5.12. The van der Waals surface area contributed by atoms with E-state index >= 15 is 0 Å². The number of nitrogens with one attached hydrogen (secondary N) is 1. The lowest BCUT2D eigenvalue weighted by atomic mass is 10.2. The molecule has 0 bridgehead atoms. The minimum Gasteiger partial charge on any atom is -0.492 e. The van der Waals surface area contributed by atoms with Crippen molar-refractivity contribution in [2.45, 2.75) is 26.3 Å².